The minimum absolute atomic E-state index is 0.103. The first kappa shape index (κ1) is 22.4. The molecule has 1 N–H and O–H groups in total. The second-order valence-corrected chi connectivity index (χ2v) is 8.24. The van der Waals surface area contributed by atoms with Crippen molar-refractivity contribution in [1.82, 2.24) is 10.2 Å². The number of amides is 2. The number of likely N-dealkylation sites (N-methyl/N-ethyl adjacent to an activating group) is 1. The van der Waals surface area contributed by atoms with Gasteiger partial charge in [0, 0.05) is 23.3 Å². The molecule has 0 saturated carbocycles. The van der Waals surface area contributed by atoms with Gasteiger partial charge in [0.25, 0.3) is 0 Å². The first-order valence-electron chi connectivity index (χ1n) is 9.04. The summed E-state index contributed by atoms with van der Waals surface area (Å²) >= 11 is 4.85. The average molecular weight is 467 g/mol. The Morgan fingerprint density at radius 1 is 1.11 bits per heavy atom. The number of benzene rings is 2. The minimum atomic E-state index is -0.567. The topological polar surface area (TPSA) is 49.4 Å². The molecule has 0 aliphatic carbocycles. The summed E-state index contributed by atoms with van der Waals surface area (Å²) in [5, 5.41) is 2.78. The number of carbonyl (C=O) groups excluding carboxylic acids is 2. The Balaban J connectivity index is 2.03. The Morgan fingerprint density at radius 2 is 1.71 bits per heavy atom. The lowest BCUT2D eigenvalue weighted by molar-refractivity contribution is -0.138. The van der Waals surface area contributed by atoms with Crippen LogP contribution < -0.4 is 5.32 Å². The van der Waals surface area contributed by atoms with Crippen molar-refractivity contribution in [2.75, 3.05) is 12.3 Å². The Labute approximate surface area is 178 Å². The van der Waals surface area contributed by atoms with Crippen LogP contribution in [-0.2, 0) is 21.9 Å². The SMILES string of the molecule is CCNC(=O)C(C)N(Cc1ccc(Br)cc1)C(=O)CSCc1ccc(F)cc1. The first-order valence-corrected chi connectivity index (χ1v) is 11.0. The number of carbonyl (C=O) groups is 2. The molecule has 0 aliphatic rings. The summed E-state index contributed by atoms with van der Waals surface area (Å²) in [6, 6.07) is 13.4. The maximum atomic E-state index is 13.0. The summed E-state index contributed by atoms with van der Waals surface area (Å²) in [6.07, 6.45) is 0. The molecule has 0 aliphatic heterocycles. The summed E-state index contributed by atoms with van der Waals surface area (Å²) in [5.74, 6) is 0.303. The number of hydrogen-bond donors (Lipinski definition) is 1. The van der Waals surface area contributed by atoms with Crippen molar-refractivity contribution < 1.29 is 14.0 Å². The molecular formula is C21H24BrFN2O2S. The van der Waals surface area contributed by atoms with Crippen molar-refractivity contribution in [1.29, 1.82) is 0 Å². The van der Waals surface area contributed by atoms with Gasteiger partial charge in [0.1, 0.15) is 11.9 Å². The predicted octanol–water partition coefficient (Wildman–Crippen LogP) is 4.37. The van der Waals surface area contributed by atoms with Crippen LogP contribution in [0.3, 0.4) is 0 Å². The Hall–Kier alpha value is -1.86. The lowest BCUT2D eigenvalue weighted by Gasteiger charge is -2.28. The summed E-state index contributed by atoms with van der Waals surface area (Å²) in [5.41, 5.74) is 1.91. The van der Waals surface area contributed by atoms with Crippen LogP contribution in [0, 0.1) is 5.82 Å². The van der Waals surface area contributed by atoms with Gasteiger partial charge in [0.15, 0.2) is 0 Å². The number of thioether (sulfide) groups is 1. The van der Waals surface area contributed by atoms with Gasteiger partial charge in [0.2, 0.25) is 11.8 Å². The normalized spacial score (nSPS) is 11.7. The number of nitrogens with zero attached hydrogens (tertiary/aromatic N) is 1. The van der Waals surface area contributed by atoms with E-state index in [1.54, 1.807) is 24.0 Å². The molecule has 1 unspecified atom stereocenters. The fraction of sp³-hybridized carbons (Fsp3) is 0.333. The van der Waals surface area contributed by atoms with Crippen LogP contribution in [0.2, 0.25) is 0 Å². The fourth-order valence-electron chi connectivity index (χ4n) is 2.61. The molecule has 2 amide bonds. The highest BCUT2D eigenvalue weighted by molar-refractivity contribution is 9.10. The monoisotopic (exact) mass is 466 g/mol. The van der Waals surface area contributed by atoms with Crippen molar-refractivity contribution in [3.63, 3.8) is 0 Å². The van der Waals surface area contributed by atoms with Gasteiger partial charge in [-0.1, -0.05) is 40.2 Å². The van der Waals surface area contributed by atoms with E-state index in [0.29, 0.717) is 18.8 Å². The molecule has 1 atom stereocenters. The predicted molar refractivity (Wildman–Crippen MR) is 115 cm³/mol. The maximum Gasteiger partial charge on any atom is 0.242 e. The van der Waals surface area contributed by atoms with E-state index in [9.17, 15) is 14.0 Å². The third-order valence-electron chi connectivity index (χ3n) is 4.19. The fourth-order valence-corrected chi connectivity index (χ4v) is 3.75. The molecule has 0 saturated heterocycles. The van der Waals surface area contributed by atoms with E-state index in [1.807, 2.05) is 31.2 Å². The summed E-state index contributed by atoms with van der Waals surface area (Å²) in [6.45, 7) is 4.47. The van der Waals surface area contributed by atoms with Crippen LogP contribution >= 0.6 is 27.7 Å². The number of hydrogen-bond acceptors (Lipinski definition) is 3. The molecule has 0 spiro atoms. The van der Waals surface area contributed by atoms with Gasteiger partial charge in [-0.25, -0.2) is 4.39 Å². The Kier molecular flexibility index (Phi) is 8.99. The molecule has 150 valence electrons. The van der Waals surface area contributed by atoms with Crippen LogP contribution in [-0.4, -0.2) is 35.1 Å². The van der Waals surface area contributed by atoms with Gasteiger partial charge in [-0.15, -0.1) is 11.8 Å². The van der Waals surface area contributed by atoms with Gasteiger partial charge in [0.05, 0.1) is 5.75 Å². The molecule has 0 radical (unpaired) electrons. The van der Waals surface area contributed by atoms with E-state index < -0.39 is 6.04 Å². The molecule has 2 aromatic carbocycles. The molecule has 7 heteroatoms. The van der Waals surface area contributed by atoms with E-state index in [0.717, 1.165) is 15.6 Å². The van der Waals surface area contributed by atoms with Gasteiger partial charge < -0.3 is 10.2 Å². The van der Waals surface area contributed by atoms with Crippen molar-refractivity contribution in [2.24, 2.45) is 0 Å². The first-order chi connectivity index (χ1) is 13.4. The number of rotatable bonds is 9. The molecular weight excluding hydrogens is 443 g/mol. The van der Waals surface area contributed by atoms with Crippen LogP contribution in [0.4, 0.5) is 4.39 Å². The van der Waals surface area contributed by atoms with Gasteiger partial charge in [-0.3, -0.25) is 9.59 Å². The van der Waals surface area contributed by atoms with Crippen molar-refractivity contribution in [3.05, 3.63) is 69.9 Å². The van der Waals surface area contributed by atoms with Crippen molar-refractivity contribution >= 4 is 39.5 Å². The summed E-state index contributed by atoms with van der Waals surface area (Å²) < 4.78 is 14.0. The largest absolute Gasteiger partial charge is 0.355 e. The molecule has 0 bridgehead atoms. The molecule has 28 heavy (non-hydrogen) atoms. The molecule has 4 nitrogen and oxygen atoms in total. The lowest BCUT2D eigenvalue weighted by Crippen LogP contribution is -2.48. The molecule has 0 aromatic heterocycles. The zero-order valence-corrected chi connectivity index (χ0v) is 18.4. The highest BCUT2D eigenvalue weighted by Crippen LogP contribution is 2.17. The van der Waals surface area contributed by atoms with Crippen molar-refractivity contribution in [3.8, 4) is 0 Å². The van der Waals surface area contributed by atoms with Crippen LogP contribution in [0.5, 0.6) is 0 Å². The quantitative estimate of drug-likeness (QED) is 0.596. The third kappa shape index (κ3) is 6.95. The second-order valence-electron chi connectivity index (χ2n) is 6.34. The zero-order valence-electron chi connectivity index (χ0n) is 16.0. The Morgan fingerprint density at radius 3 is 2.32 bits per heavy atom. The van der Waals surface area contributed by atoms with E-state index >= 15 is 0 Å². The van der Waals surface area contributed by atoms with Crippen LogP contribution in [0.15, 0.2) is 53.0 Å². The molecule has 0 heterocycles. The number of halogens is 2. The lowest BCUT2D eigenvalue weighted by atomic mass is 10.1. The minimum Gasteiger partial charge on any atom is -0.355 e. The van der Waals surface area contributed by atoms with Gasteiger partial charge in [-0.2, -0.15) is 0 Å². The molecule has 2 aromatic rings. The molecule has 0 fully saturated rings. The standard InChI is InChI=1S/C21H24BrFN2O2S/c1-3-24-21(27)15(2)25(12-16-4-8-18(22)9-5-16)20(26)14-28-13-17-6-10-19(23)11-7-17/h4-11,15H,3,12-14H2,1-2H3,(H,24,27). The van der Waals surface area contributed by atoms with Crippen LogP contribution in [0.25, 0.3) is 0 Å². The highest BCUT2D eigenvalue weighted by Gasteiger charge is 2.25. The second kappa shape index (κ2) is 11.2. The van der Waals surface area contributed by atoms with Crippen molar-refractivity contribution in [2.45, 2.75) is 32.2 Å². The van der Waals surface area contributed by atoms with E-state index in [1.165, 1.54) is 23.9 Å². The highest BCUT2D eigenvalue weighted by atomic mass is 79.9. The summed E-state index contributed by atoms with van der Waals surface area (Å²) in [7, 11) is 0. The average Bonchev–Trinajstić information content (AvgIpc) is 2.68. The van der Waals surface area contributed by atoms with Gasteiger partial charge >= 0.3 is 0 Å². The van der Waals surface area contributed by atoms with Gasteiger partial charge in [-0.05, 0) is 49.2 Å². The van der Waals surface area contributed by atoms with Crippen LogP contribution in [0.1, 0.15) is 25.0 Å². The van der Waals surface area contributed by atoms with E-state index in [4.69, 9.17) is 0 Å². The smallest absolute Gasteiger partial charge is 0.242 e. The summed E-state index contributed by atoms with van der Waals surface area (Å²) in [4.78, 5) is 26.8. The Bertz CT molecular complexity index is 784. The van der Waals surface area contributed by atoms with E-state index in [2.05, 4.69) is 21.2 Å². The third-order valence-corrected chi connectivity index (χ3v) is 5.71. The maximum absolute atomic E-state index is 13.0. The zero-order chi connectivity index (χ0) is 20.5. The number of nitrogens with one attached hydrogen (secondary N) is 1. The molecule has 2 rings (SSSR count). The van der Waals surface area contributed by atoms with E-state index in [-0.39, 0.29) is 23.4 Å².